The van der Waals surface area contributed by atoms with Gasteiger partial charge in [-0.05, 0) is 64.5 Å². The van der Waals surface area contributed by atoms with E-state index in [4.69, 9.17) is 47.4 Å². The molecule has 0 aromatic carbocycles. The Bertz CT molecular complexity index is 2140. The van der Waals surface area contributed by atoms with E-state index in [0.717, 1.165) is 30.4 Å². The van der Waals surface area contributed by atoms with Crippen LogP contribution in [0.4, 0.5) is 0 Å². The molecule has 0 heterocycles. The maximum absolute atomic E-state index is 13.4. The molecule has 0 spiro atoms. The lowest BCUT2D eigenvalue weighted by molar-refractivity contribution is -0.162. The van der Waals surface area contributed by atoms with Gasteiger partial charge in [-0.3, -0.25) is 24.0 Å². The number of aliphatic hydroxyl groups is 1. The molecule has 2 atom stereocenters. The molecular weight excluding hydrogens is 1120 g/mol. The second kappa shape index (κ2) is 45.4. The molecule has 2 unspecified atom stereocenters. The number of allylic oxidation sites excluding steroid dienone is 1. The molecule has 0 aromatic rings. The van der Waals surface area contributed by atoms with Crippen molar-refractivity contribution in [3.63, 3.8) is 0 Å². The molecule has 23 nitrogen and oxygen atoms in total. The molecule has 23 heteroatoms. The second-order valence-electron chi connectivity index (χ2n) is 21.2. The minimum Gasteiger partial charge on any atom is -0.465 e. The zero-order valence-corrected chi connectivity index (χ0v) is 51.8. The summed E-state index contributed by atoms with van der Waals surface area (Å²) in [7, 11) is 0. The first-order valence-corrected chi connectivity index (χ1v) is 29.4. The van der Waals surface area contributed by atoms with Crippen LogP contribution in [0.2, 0.25) is 0 Å². The van der Waals surface area contributed by atoms with Crippen molar-refractivity contribution in [3.05, 3.63) is 75.9 Å². The summed E-state index contributed by atoms with van der Waals surface area (Å²) in [6, 6.07) is 0. The average Bonchev–Trinajstić information content (AvgIpc) is 3.64. The topological polar surface area (TPSA) is 290 Å². The molecule has 86 heavy (non-hydrogen) atoms. The predicted molar refractivity (Wildman–Crippen MR) is 318 cm³/mol. The quantitative estimate of drug-likeness (QED) is 0.0210. The van der Waals surface area contributed by atoms with E-state index in [2.05, 4.69) is 39.5 Å². The van der Waals surface area contributed by atoms with Crippen LogP contribution in [0.3, 0.4) is 0 Å². The fraction of sp³-hybridized carbons (Fsp3) is 0.651. The fourth-order valence-electron chi connectivity index (χ4n) is 7.96. The number of carbonyl (C=O) groups excluding carboxylic acids is 10. The van der Waals surface area contributed by atoms with Crippen LogP contribution in [-0.4, -0.2) is 187 Å². The van der Waals surface area contributed by atoms with E-state index in [-0.39, 0.29) is 137 Å². The van der Waals surface area contributed by atoms with E-state index in [1.807, 2.05) is 16.7 Å². The maximum atomic E-state index is 13.4. The number of hydrogen-bond acceptors (Lipinski definition) is 23. The third kappa shape index (κ3) is 34.2. The highest BCUT2D eigenvalue weighted by Gasteiger charge is 2.37. The highest BCUT2D eigenvalue weighted by Crippen LogP contribution is 2.30. The first-order chi connectivity index (χ1) is 41.0. The van der Waals surface area contributed by atoms with E-state index in [9.17, 15) is 53.1 Å². The summed E-state index contributed by atoms with van der Waals surface area (Å²) in [5, 5.41) is 10.2. The third-order valence-electron chi connectivity index (χ3n) is 14.9. The van der Waals surface area contributed by atoms with E-state index >= 15 is 0 Å². The Morgan fingerprint density at radius 2 is 0.593 bits per heavy atom. The van der Waals surface area contributed by atoms with Gasteiger partial charge in [0.1, 0.15) is 59.5 Å². The minimum absolute atomic E-state index is 0.0106. The van der Waals surface area contributed by atoms with Gasteiger partial charge in [0.05, 0.1) is 55.1 Å². The number of aliphatic hydroxyl groups excluding tert-OH is 1. The summed E-state index contributed by atoms with van der Waals surface area (Å²) in [4.78, 5) is 129. The van der Waals surface area contributed by atoms with Gasteiger partial charge in [0.15, 0.2) is 0 Å². The molecule has 0 aromatic heterocycles. The van der Waals surface area contributed by atoms with Crippen molar-refractivity contribution in [2.24, 2.45) is 21.7 Å². The van der Waals surface area contributed by atoms with Gasteiger partial charge in [-0.15, -0.1) is 6.58 Å². The molecule has 0 bridgehead atoms. The SMILES string of the molecule is C=CCCC(CC)(CO)COC(=O)CCN(CCCCCCN(CCC(=O)OCC(CC)(COC(=O)C=C)COC(=O)C=C)CCC(=O)OCC(CC)(COC(=O)C=C)COC(=O)CC)CCC(=O)OCC(CC)(COC(=O)C=C)COC(=O)C=C. The van der Waals surface area contributed by atoms with Gasteiger partial charge in [0.2, 0.25) is 0 Å². The number of esters is 10. The largest absolute Gasteiger partial charge is 0.465 e. The normalized spacial score (nSPS) is 12.6. The molecule has 0 rings (SSSR count). The van der Waals surface area contributed by atoms with E-state index in [0.29, 0.717) is 70.9 Å². The molecule has 0 fully saturated rings. The first-order valence-electron chi connectivity index (χ1n) is 29.4. The molecule has 0 saturated carbocycles. The monoisotopic (exact) mass is 1220 g/mol. The summed E-state index contributed by atoms with van der Waals surface area (Å²) in [5.41, 5.74) is -3.82. The molecule has 0 radical (unpaired) electrons. The maximum Gasteiger partial charge on any atom is 0.330 e. The summed E-state index contributed by atoms with van der Waals surface area (Å²) < 4.78 is 54.6. The third-order valence-corrected chi connectivity index (χ3v) is 14.9. The van der Waals surface area contributed by atoms with Crippen molar-refractivity contribution in [1.29, 1.82) is 0 Å². The number of ether oxygens (including phenoxy) is 10. The Morgan fingerprint density at radius 3 is 0.814 bits per heavy atom. The molecule has 0 amide bonds. The summed E-state index contributed by atoms with van der Waals surface area (Å²) in [6.07, 6.45) is 11.8. The molecule has 1 N–H and O–H groups in total. The minimum atomic E-state index is -1.09. The van der Waals surface area contributed by atoms with E-state index in [1.54, 1.807) is 33.8 Å². The predicted octanol–water partition coefficient (Wildman–Crippen LogP) is 7.03. The van der Waals surface area contributed by atoms with Crippen LogP contribution < -0.4 is 0 Å². The van der Waals surface area contributed by atoms with Gasteiger partial charge in [0, 0.05) is 68.4 Å². The van der Waals surface area contributed by atoms with Gasteiger partial charge < -0.3 is 62.3 Å². The lowest BCUT2D eigenvalue weighted by Crippen LogP contribution is -2.39. The Hall–Kier alpha value is -6.98. The van der Waals surface area contributed by atoms with Gasteiger partial charge >= 0.3 is 59.7 Å². The smallest absolute Gasteiger partial charge is 0.330 e. The lowest BCUT2D eigenvalue weighted by Gasteiger charge is -2.31. The molecule has 0 aliphatic rings. The van der Waals surface area contributed by atoms with Crippen LogP contribution >= 0.6 is 0 Å². The molecule has 0 aliphatic heterocycles. The summed E-state index contributed by atoms with van der Waals surface area (Å²) >= 11 is 0. The zero-order chi connectivity index (χ0) is 64.9. The Balaban J connectivity index is 6.42. The molecule has 0 aliphatic carbocycles. The number of carbonyl (C=O) groups is 10. The van der Waals surface area contributed by atoms with Crippen molar-refractivity contribution in [2.75, 3.05) is 112 Å². The van der Waals surface area contributed by atoms with E-state index in [1.165, 1.54) is 0 Å². The van der Waals surface area contributed by atoms with Crippen LogP contribution in [0.5, 0.6) is 0 Å². The molecule has 0 saturated heterocycles. The number of unbranched alkanes of at least 4 members (excludes halogenated alkanes) is 3. The van der Waals surface area contributed by atoms with Crippen LogP contribution in [0.15, 0.2) is 75.9 Å². The van der Waals surface area contributed by atoms with Crippen LogP contribution in [-0.2, 0) is 95.3 Å². The van der Waals surface area contributed by atoms with Gasteiger partial charge in [-0.25, -0.2) is 24.0 Å². The Morgan fingerprint density at radius 1 is 0.349 bits per heavy atom. The Labute approximate surface area is 508 Å². The lowest BCUT2D eigenvalue weighted by atomic mass is 9.82. The van der Waals surface area contributed by atoms with Crippen molar-refractivity contribution >= 4 is 59.7 Å². The van der Waals surface area contributed by atoms with Crippen molar-refractivity contribution in [1.82, 2.24) is 9.80 Å². The number of rotatable bonds is 53. The van der Waals surface area contributed by atoms with E-state index < -0.39 is 81.4 Å². The number of nitrogens with zero attached hydrogens (tertiary/aromatic N) is 2. The van der Waals surface area contributed by atoms with Crippen molar-refractivity contribution in [2.45, 2.75) is 131 Å². The van der Waals surface area contributed by atoms with Gasteiger partial charge in [-0.1, -0.05) is 86.4 Å². The van der Waals surface area contributed by atoms with Crippen molar-refractivity contribution in [3.8, 4) is 0 Å². The highest BCUT2D eigenvalue weighted by molar-refractivity contribution is 5.83. The standard InChI is InChI=1S/C63H98N2O21/c1-12-23-32-60(19-8,39-66)40-83-56(73)28-35-64(36-29-57(74)84-47-61(20-9,41-77-50(67)13-2)42-78-51(68)14-3)33-26-24-25-27-34-65(37-30-58(75)85-48-62(21-10,43-79-52(69)15-4)44-80-53(70)16-5)38-31-59(76)86-49-63(22-11,45-81-54(71)17-6)46-82-55(72)18-7/h12-17,66H,1-6,18-49H2,7-11H3. The van der Waals surface area contributed by atoms with Crippen LogP contribution in [0, 0.1) is 21.7 Å². The molecule has 486 valence electrons. The summed E-state index contributed by atoms with van der Waals surface area (Å²) in [5.74, 6) is -6.33. The first kappa shape index (κ1) is 79.0. The highest BCUT2D eigenvalue weighted by atomic mass is 16.6. The fourth-order valence-corrected chi connectivity index (χ4v) is 7.96. The second-order valence-corrected chi connectivity index (χ2v) is 21.2. The average molecular weight is 1220 g/mol. The Kier molecular flexibility index (Phi) is 41.7. The van der Waals surface area contributed by atoms with Gasteiger partial charge in [-0.2, -0.15) is 0 Å². The van der Waals surface area contributed by atoms with Gasteiger partial charge in [0.25, 0.3) is 0 Å². The van der Waals surface area contributed by atoms with Crippen LogP contribution in [0.1, 0.15) is 131 Å². The van der Waals surface area contributed by atoms with Crippen molar-refractivity contribution < 1.29 is 100 Å². The zero-order valence-electron chi connectivity index (χ0n) is 51.8. The number of hydrogen-bond donors (Lipinski definition) is 1. The molecular formula is C63H98N2O21. The van der Waals surface area contributed by atoms with Crippen LogP contribution in [0.25, 0.3) is 0 Å². The summed E-state index contributed by atoms with van der Waals surface area (Å²) in [6.45, 7) is 29.0.